The SMILES string of the molecule is [B]c1c2c(cc3c([N+](=O)[O-])cccc13)OCO2. The molecule has 3 rings (SSSR count). The zero-order valence-corrected chi connectivity index (χ0v) is 8.67. The van der Waals surface area contributed by atoms with Crippen LogP contribution in [0, 0.1) is 10.1 Å². The van der Waals surface area contributed by atoms with Gasteiger partial charge in [0.2, 0.25) is 6.79 Å². The molecule has 2 aromatic carbocycles. The average Bonchev–Trinajstić information content (AvgIpc) is 2.77. The average molecular weight is 227 g/mol. The van der Waals surface area contributed by atoms with Gasteiger partial charge in [0.1, 0.15) is 7.85 Å². The summed E-state index contributed by atoms with van der Waals surface area (Å²) in [4.78, 5) is 10.5. The summed E-state index contributed by atoms with van der Waals surface area (Å²) in [5, 5.41) is 12.0. The van der Waals surface area contributed by atoms with Crippen molar-refractivity contribution in [2.45, 2.75) is 0 Å². The number of fused-ring (bicyclic) bond motifs is 2. The third-order valence-corrected chi connectivity index (χ3v) is 2.73. The molecule has 0 N–H and O–H groups in total. The van der Waals surface area contributed by atoms with Crippen molar-refractivity contribution >= 4 is 29.8 Å². The van der Waals surface area contributed by atoms with Crippen molar-refractivity contribution in [1.82, 2.24) is 0 Å². The fourth-order valence-electron chi connectivity index (χ4n) is 1.96. The maximum Gasteiger partial charge on any atom is 0.277 e. The molecule has 0 unspecified atom stereocenters. The van der Waals surface area contributed by atoms with Crippen LogP contribution < -0.4 is 14.9 Å². The predicted molar refractivity (Wildman–Crippen MR) is 62.1 cm³/mol. The summed E-state index contributed by atoms with van der Waals surface area (Å²) in [6.07, 6.45) is 0. The number of hydrogen-bond donors (Lipinski definition) is 0. The summed E-state index contributed by atoms with van der Waals surface area (Å²) in [7, 11) is 5.91. The molecule has 0 saturated carbocycles. The summed E-state index contributed by atoms with van der Waals surface area (Å²) in [5.41, 5.74) is 0.381. The zero-order valence-electron chi connectivity index (χ0n) is 8.67. The summed E-state index contributed by atoms with van der Waals surface area (Å²) < 4.78 is 10.4. The highest BCUT2D eigenvalue weighted by Gasteiger charge is 2.21. The molecule has 0 aromatic heterocycles. The molecule has 5 nitrogen and oxygen atoms in total. The van der Waals surface area contributed by atoms with E-state index in [0.717, 1.165) is 0 Å². The number of nitro groups is 1. The van der Waals surface area contributed by atoms with E-state index < -0.39 is 4.92 Å². The minimum absolute atomic E-state index is 0.00694. The first-order valence-electron chi connectivity index (χ1n) is 4.93. The van der Waals surface area contributed by atoms with Crippen LogP contribution in [0.15, 0.2) is 24.3 Å². The van der Waals surface area contributed by atoms with Crippen LogP contribution in [0.3, 0.4) is 0 Å². The number of benzene rings is 2. The van der Waals surface area contributed by atoms with Gasteiger partial charge in [-0.1, -0.05) is 12.1 Å². The lowest BCUT2D eigenvalue weighted by atomic mass is 9.88. The molecule has 17 heavy (non-hydrogen) atoms. The van der Waals surface area contributed by atoms with E-state index in [0.29, 0.717) is 27.7 Å². The third kappa shape index (κ3) is 1.34. The molecule has 6 heteroatoms. The van der Waals surface area contributed by atoms with Gasteiger partial charge >= 0.3 is 0 Å². The first-order chi connectivity index (χ1) is 8.18. The zero-order chi connectivity index (χ0) is 12.0. The van der Waals surface area contributed by atoms with E-state index in [4.69, 9.17) is 17.3 Å². The molecule has 0 atom stereocenters. The van der Waals surface area contributed by atoms with E-state index in [1.54, 1.807) is 18.2 Å². The Morgan fingerprint density at radius 2 is 2.12 bits per heavy atom. The van der Waals surface area contributed by atoms with Gasteiger partial charge in [0, 0.05) is 6.07 Å². The van der Waals surface area contributed by atoms with Gasteiger partial charge in [-0.3, -0.25) is 10.1 Å². The standard InChI is InChI=1S/C11H6BNO4/c12-10-6-2-1-3-8(13(14)15)7(6)4-9-11(10)17-5-16-9/h1-4H,5H2. The van der Waals surface area contributed by atoms with Crippen LogP contribution in [0.2, 0.25) is 0 Å². The van der Waals surface area contributed by atoms with Crippen molar-refractivity contribution in [3.8, 4) is 11.5 Å². The Morgan fingerprint density at radius 1 is 1.29 bits per heavy atom. The van der Waals surface area contributed by atoms with Crippen molar-refractivity contribution in [1.29, 1.82) is 0 Å². The number of hydrogen-bond acceptors (Lipinski definition) is 4. The van der Waals surface area contributed by atoms with Gasteiger partial charge in [0.25, 0.3) is 5.69 Å². The third-order valence-electron chi connectivity index (χ3n) is 2.73. The number of non-ortho nitro benzene ring substituents is 1. The van der Waals surface area contributed by atoms with Crippen LogP contribution in [-0.4, -0.2) is 19.6 Å². The molecule has 1 aliphatic rings. The van der Waals surface area contributed by atoms with Crippen LogP contribution in [-0.2, 0) is 0 Å². The summed E-state index contributed by atoms with van der Waals surface area (Å²) in [6.45, 7) is 0.0870. The second-order valence-corrected chi connectivity index (χ2v) is 3.65. The van der Waals surface area contributed by atoms with Crippen molar-refractivity contribution < 1.29 is 14.4 Å². The molecule has 2 radical (unpaired) electrons. The first-order valence-corrected chi connectivity index (χ1v) is 4.93. The molecule has 0 spiro atoms. The molecule has 1 heterocycles. The van der Waals surface area contributed by atoms with Gasteiger partial charge in [0.05, 0.1) is 10.3 Å². The molecular formula is C11H6BNO4. The van der Waals surface area contributed by atoms with Crippen LogP contribution >= 0.6 is 0 Å². The maximum atomic E-state index is 10.9. The minimum atomic E-state index is -0.441. The fourth-order valence-corrected chi connectivity index (χ4v) is 1.96. The van der Waals surface area contributed by atoms with Crippen LogP contribution in [0.25, 0.3) is 10.8 Å². The Hall–Kier alpha value is -2.24. The summed E-state index contributed by atoms with van der Waals surface area (Å²) in [5.74, 6) is 0.905. The van der Waals surface area contributed by atoms with E-state index in [9.17, 15) is 10.1 Å². The van der Waals surface area contributed by atoms with Gasteiger partial charge in [-0.25, -0.2) is 0 Å². The van der Waals surface area contributed by atoms with Gasteiger partial charge in [-0.2, -0.15) is 0 Å². The highest BCUT2D eigenvalue weighted by Crippen LogP contribution is 2.36. The van der Waals surface area contributed by atoms with Crippen LogP contribution in [0.5, 0.6) is 11.5 Å². The van der Waals surface area contributed by atoms with Crippen molar-refractivity contribution in [3.05, 3.63) is 34.4 Å². The van der Waals surface area contributed by atoms with Gasteiger partial charge < -0.3 is 9.47 Å². The Kier molecular flexibility index (Phi) is 1.98. The molecule has 0 amide bonds. The quantitative estimate of drug-likeness (QED) is 0.418. The normalized spacial score (nSPS) is 12.9. The van der Waals surface area contributed by atoms with Gasteiger partial charge in [-0.05, 0) is 16.9 Å². The maximum absolute atomic E-state index is 10.9. The molecule has 2 aromatic rings. The van der Waals surface area contributed by atoms with E-state index in [-0.39, 0.29) is 12.5 Å². The predicted octanol–water partition coefficient (Wildman–Crippen LogP) is 1.27. The Labute approximate surface area is 97.5 Å². The lowest BCUT2D eigenvalue weighted by Crippen LogP contribution is -2.07. The Bertz CT molecular complexity index is 641. The fraction of sp³-hybridized carbons (Fsp3) is 0.0909. The monoisotopic (exact) mass is 227 g/mol. The second-order valence-electron chi connectivity index (χ2n) is 3.65. The highest BCUT2D eigenvalue weighted by molar-refractivity contribution is 6.41. The number of rotatable bonds is 1. The Balaban J connectivity index is 2.43. The molecule has 0 fully saturated rings. The lowest BCUT2D eigenvalue weighted by Gasteiger charge is -2.06. The van der Waals surface area contributed by atoms with E-state index in [1.165, 1.54) is 6.07 Å². The van der Waals surface area contributed by atoms with E-state index in [1.807, 2.05) is 0 Å². The molecule has 0 bridgehead atoms. The van der Waals surface area contributed by atoms with Gasteiger partial charge in [-0.15, -0.1) is 0 Å². The molecule has 1 aliphatic heterocycles. The molecule has 0 saturated heterocycles. The lowest BCUT2D eigenvalue weighted by molar-refractivity contribution is -0.383. The van der Waals surface area contributed by atoms with Crippen molar-refractivity contribution in [2.75, 3.05) is 6.79 Å². The largest absolute Gasteiger partial charge is 0.454 e. The summed E-state index contributed by atoms with van der Waals surface area (Å²) in [6, 6.07) is 6.34. The number of nitro benzene ring substituents is 1. The molecule has 82 valence electrons. The van der Waals surface area contributed by atoms with Crippen molar-refractivity contribution in [3.63, 3.8) is 0 Å². The van der Waals surface area contributed by atoms with E-state index >= 15 is 0 Å². The van der Waals surface area contributed by atoms with Crippen LogP contribution in [0.1, 0.15) is 0 Å². The Morgan fingerprint density at radius 3 is 2.88 bits per heavy atom. The first kappa shape index (κ1) is 9.95. The highest BCUT2D eigenvalue weighted by atomic mass is 16.7. The topological polar surface area (TPSA) is 61.6 Å². The molecule has 0 aliphatic carbocycles. The number of nitrogens with zero attached hydrogens (tertiary/aromatic N) is 1. The van der Waals surface area contributed by atoms with E-state index in [2.05, 4.69) is 0 Å². The minimum Gasteiger partial charge on any atom is -0.454 e. The van der Waals surface area contributed by atoms with Gasteiger partial charge in [0.15, 0.2) is 11.5 Å². The van der Waals surface area contributed by atoms with Crippen molar-refractivity contribution in [2.24, 2.45) is 0 Å². The van der Waals surface area contributed by atoms with Crippen LogP contribution in [0.4, 0.5) is 5.69 Å². The smallest absolute Gasteiger partial charge is 0.277 e. The summed E-state index contributed by atoms with van der Waals surface area (Å²) >= 11 is 0. The number of ether oxygens (including phenoxy) is 2. The second kappa shape index (κ2) is 3.38. The molecular weight excluding hydrogens is 221 g/mol.